The highest BCUT2D eigenvalue weighted by Crippen LogP contribution is 2.16. The van der Waals surface area contributed by atoms with Crippen molar-refractivity contribution < 1.29 is 38.2 Å². The third-order valence-corrected chi connectivity index (χ3v) is 12.0. The van der Waals surface area contributed by atoms with Crippen molar-refractivity contribution in [2.45, 2.75) is 213 Å². The average Bonchev–Trinajstić information content (AvgIpc) is 3.12. The molecule has 328 valence electrons. The molecule has 0 fully saturated rings. The highest BCUT2D eigenvalue weighted by atomic mass is 16.5. The molecule has 0 spiro atoms. The van der Waals surface area contributed by atoms with E-state index in [0.717, 1.165) is 51.5 Å². The number of unbranched alkanes of at least 4 members (excludes halogenated alkanes) is 19. The first-order chi connectivity index (χ1) is 26.2. The smallest absolute Gasteiger partial charge is 0.306 e. The fourth-order valence-electron chi connectivity index (χ4n) is 7.31. The van der Waals surface area contributed by atoms with Crippen molar-refractivity contribution in [2.75, 3.05) is 74.1 Å². The monoisotopic (exact) mass is 786 g/mol. The fourth-order valence-corrected chi connectivity index (χ4v) is 7.31. The lowest BCUT2D eigenvalue weighted by Gasteiger charge is -2.39. The van der Waals surface area contributed by atoms with Gasteiger partial charge in [-0.05, 0) is 39.7 Å². The van der Waals surface area contributed by atoms with Crippen LogP contribution in [0.25, 0.3) is 0 Å². The third kappa shape index (κ3) is 30.5. The molecule has 0 rings (SSSR count). The van der Waals surface area contributed by atoms with E-state index >= 15 is 0 Å². The van der Waals surface area contributed by atoms with Crippen LogP contribution in [-0.4, -0.2) is 134 Å². The molecule has 0 saturated heterocycles. The van der Waals surface area contributed by atoms with E-state index in [-0.39, 0.29) is 24.0 Å². The third-order valence-electron chi connectivity index (χ3n) is 12.0. The van der Waals surface area contributed by atoms with Gasteiger partial charge in [0.25, 0.3) is 0 Å². The summed E-state index contributed by atoms with van der Waals surface area (Å²) in [7, 11) is 8.36. The van der Waals surface area contributed by atoms with Gasteiger partial charge in [-0.1, -0.05) is 143 Å². The Morgan fingerprint density at radius 2 is 0.782 bits per heavy atom. The Hall–Kier alpha value is -1.26. The van der Waals surface area contributed by atoms with Crippen molar-refractivity contribution in [3.63, 3.8) is 0 Å². The first-order valence-corrected chi connectivity index (χ1v) is 23.2. The standard InChI is InChI=1S/C46H95N3O6/c1-10-13-16-19-21-23-25-27-29-32-45(52)54-39-41(4)48(6,7)37-43(50)35-47(34-31-18-15-12-3)36-44(51)38-49(8,9)42(5)40-55-46(53)33-30-28-26-24-22-20-17-14-11-2/h41-44,50-51H,10-40H2,1-9H3/q+2. The molecule has 2 N–H and O–H groups in total. The second-order valence-electron chi connectivity index (χ2n) is 18.3. The number of likely N-dealkylation sites (N-methyl/N-ethyl adjacent to an activating group) is 2. The molecule has 0 bridgehead atoms. The number of esters is 2. The van der Waals surface area contributed by atoms with Crippen LogP contribution in [0.15, 0.2) is 0 Å². The first kappa shape index (κ1) is 53.7. The summed E-state index contributed by atoms with van der Waals surface area (Å²) in [5.74, 6) is -0.240. The number of ether oxygens (including phenoxy) is 2. The molecular formula is C46H95N3O6+2. The Labute approximate surface area is 341 Å². The lowest BCUT2D eigenvalue weighted by Crippen LogP contribution is -2.57. The van der Waals surface area contributed by atoms with Crippen molar-refractivity contribution in [1.82, 2.24) is 4.90 Å². The van der Waals surface area contributed by atoms with Gasteiger partial charge in [-0.15, -0.1) is 0 Å². The van der Waals surface area contributed by atoms with Gasteiger partial charge >= 0.3 is 11.9 Å². The van der Waals surface area contributed by atoms with Gasteiger partial charge in [0, 0.05) is 25.9 Å². The summed E-state index contributed by atoms with van der Waals surface area (Å²) in [6, 6.07) is 0.0909. The predicted octanol–water partition coefficient (Wildman–Crippen LogP) is 9.45. The first-order valence-electron chi connectivity index (χ1n) is 23.2. The van der Waals surface area contributed by atoms with Crippen molar-refractivity contribution in [3.8, 4) is 0 Å². The lowest BCUT2D eigenvalue weighted by molar-refractivity contribution is -0.916. The Morgan fingerprint density at radius 3 is 1.11 bits per heavy atom. The maximum absolute atomic E-state index is 12.5. The van der Waals surface area contributed by atoms with Gasteiger partial charge in [0.05, 0.1) is 28.2 Å². The molecule has 0 radical (unpaired) electrons. The molecule has 0 aliphatic rings. The number of aliphatic hydroxyl groups excluding tert-OH is 2. The Bertz CT molecular complexity index is 850. The van der Waals surface area contributed by atoms with E-state index in [1.165, 1.54) is 96.3 Å². The predicted molar refractivity (Wildman–Crippen MR) is 231 cm³/mol. The molecule has 0 saturated carbocycles. The molecule has 9 nitrogen and oxygen atoms in total. The number of carbonyl (C=O) groups is 2. The number of hydrogen-bond donors (Lipinski definition) is 2. The molecule has 0 aromatic rings. The van der Waals surface area contributed by atoms with Crippen LogP contribution in [0.1, 0.15) is 189 Å². The van der Waals surface area contributed by atoms with Gasteiger partial charge < -0.3 is 28.7 Å². The normalized spacial score (nSPS) is 14.5. The number of quaternary nitrogens is 2. The number of hydrogen-bond acceptors (Lipinski definition) is 7. The molecule has 0 aliphatic heterocycles. The maximum Gasteiger partial charge on any atom is 0.306 e. The maximum atomic E-state index is 12.5. The van der Waals surface area contributed by atoms with Crippen LogP contribution in [0, 0.1) is 0 Å². The Kier molecular flexibility index (Phi) is 32.9. The second-order valence-corrected chi connectivity index (χ2v) is 18.3. The molecule has 0 aliphatic carbocycles. The average molecular weight is 786 g/mol. The minimum absolute atomic E-state index is 0.0455. The van der Waals surface area contributed by atoms with E-state index in [9.17, 15) is 19.8 Å². The zero-order chi connectivity index (χ0) is 41.4. The summed E-state index contributed by atoms with van der Waals surface area (Å²) in [6.07, 6.45) is 26.3. The van der Waals surface area contributed by atoms with Crippen LogP contribution in [0.4, 0.5) is 0 Å². The molecule has 4 atom stereocenters. The van der Waals surface area contributed by atoms with E-state index in [1.54, 1.807) is 0 Å². The highest BCUT2D eigenvalue weighted by molar-refractivity contribution is 5.69. The molecule has 9 heteroatoms. The molecule has 0 heterocycles. The number of carbonyl (C=O) groups excluding carboxylic acids is 2. The molecule has 0 aromatic carbocycles. The zero-order valence-corrected chi connectivity index (χ0v) is 38.1. The molecule has 55 heavy (non-hydrogen) atoms. The summed E-state index contributed by atoms with van der Waals surface area (Å²) >= 11 is 0. The van der Waals surface area contributed by atoms with Crippen LogP contribution in [0.5, 0.6) is 0 Å². The van der Waals surface area contributed by atoms with E-state index in [1.807, 2.05) is 0 Å². The van der Waals surface area contributed by atoms with Crippen LogP contribution < -0.4 is 0 Å². The molecular weight excluding hydrogens is 691 g/mol. The van der Waals surface area contributed by atoms with E-state index in [0.29, 0.717) is 61.2 Å². The zero-order valence-electron chi connectivity index (χ0n) is 38.1. The quantitative estimate of drug-likeness (QED) is 0.0364. The van der Waals surface area contributed by atoms with Gasteiger partial charge in [0.2, 0.25) is 0 Å². The fraction of sp³-hybridized carbons (Fsp3) is 0.957. The highest BCUT2D eigenvalue weighted by Gasteiger charge is 2.32. The van der Waals surface area contributed by atoms with Gasteiger partial charge in [0.15, 0.2) is 0 Å². The number of nitrogens with zero attached hydrogens (tertiary/aromatic N) is 3. The van der Waals surface area contributed by atoms with Crippen molar-refractivity contribution in [3.05, 3.63) is 0 Å². The summed E-state index contributed by atoms with van der Waals surface area (Å²) in [4.78, 5) is 27.2. The van der Waals surface area contributed by atoms with E-state index < -0.39 is 12.2 Å². The van der Waals surface area contributed by atoms with Crippen LogP contribution in [0.2, 0.25) is 0 Å². The molecule has 0 aromatic heterocycles. The van der Waals surface area contributed by atoms with Crippen molar-refractivity contribution in [2.24, 2.45) is 0 Å². The largest absolute Gasteiger partial charge is 0.459 e. The number of rotatable bonds is 39. The Morgan fingerprint density at radius 1 is 0.491 bits per heavy atom. The van der Waals surface area contributed by atoms with E-state index in [2.05, 4.69) is 67.7 Å². The molecule has 4 unspecified atom stereocenters. The molecule has 0 amide bonds. The minimum atomic E-state index is -0.583. The van der Waals surface area contributed by atoms with Gasteiger partial charge in [-0.2, -0.15) is 0 Å². The number of aliphatic hydroxyl groups is 2. The second kappa shape index (κ2) is 33.7. The topological polar surface area (TPSA) is 96.3 Å². The van der Waals surface area contributed by atoms with Crippen molar-refractivity contribution in [1.29, 1.82) is 0 Å². The van der Waals surface area contributed by atoms with E-state index in [4.69, 9.17) is 9.47 Å². The van der Waals surface area contributed by atoms with Crippen LogP contribution >= 0.6 is 0 Å². The summed E-state index contributed by atoms with van der Waals surface area (Å²) in [6.45, 7) is 14.4. The lowest BCUT2D eigenvalue weighted by atomic mass is 10.1. The van der Waals surface area contributed by atoms with Crippen molar-refractivity contribution >= 4 is 11.9 Å². The van der Waals surface area contributed by atoms with Gasteiger partial charge in [0.1, 0.15) is 50.6 Å². The van der Waals surface area contributed by atoms with Crippen LogP contribution in [0.3, 0.4) is 0 Å². The summed E-state index contributed by atoms with van der Waals surface area (Å²) in [5, 5.41) is 22.7. The SMILES string of the molecule is CCCCCCCCCCCC(=O)OCC(C)[N+](C)(C)CC(O)CN(CCCCCC)CC(O)C[N+](C)(C)C(C)COC(=O)CCCCCCCCCCC. The van der Waals surface area contributed by atoms with Crippen LogP contribution in [-0.2, 0) is 19.1 Å². The van der Waals surface area contributed by atoms with Gasteiger partial charge in [-0.25, -0.2) is 0 Å². The summed E-state index contributed by atoms with van der Waals surface area (Å²) < 4.78 is 12.4. The van der Waals surface area contributed by atoms with Gasteiger partial charge in [-0.3, -0.25) is 14.5 Å². The minimum Gasteiger partial charge on any atom is -0.459 e. The summed E-state index contributed by atoms with van der Waals surface area (Å²) in [5.41, 5.74) is 0. The Balaban J connectivity index is 4.75.